The van der Waals surface area contributed by atoms with Gasteiger partial charge >= 0.3 is 0 Å². The van der Waals surface area contributed by atoms with Gasteiger partial charge in [0.05, 0.1) is 6.33 Å². The van der Waals surface area contributed by atoms with Crippen molar-refractivity contribution in [2.45, 2.75) is 18.0 Å². The molecule has 0 aliphatic rings. The lowest BCUT2D eigenvalue weighted by atomic mass is 10.2. The minimum absolute atomic E-state index is 0.105. The summed E-state index contributed by atoms with van der Waals surface area (Å²) in [6.45, 7) is 1.05. The number of para-hydroxylation sites is 1. The van der Waals surface area contributed by atoms with Crippen LogP contribution >= 0.6 is 11.6 Å². The number of sulfonamides is 1. The molecule has 2 aromatic heterocycles. The van der Waals surface area contributed by atoms with Gasteiger partial charge in [0, 0.05) is 31.9 Å². The number of nitrogens with zero attached hydrogens (tertiary/aromatic N) is 3. The monoisotopic (exact) mass is 352 g/mol. The average molecular weight is 353 g/mol. The summed E-state index contributed by atoms with van der Waals surface area (Å²) in [4.78, 5) is 3.83. The Hall–Kier alpha value is -1.83. The summed E-state index contributed by atoms with van der Waals surface area (Å²) in [5.41, 5.74) is 1.14. The van der Waals surface area contributed by atoms with Crippen LogP contribution in [0.4, 0.5) is 0 Å². The number of aryl methyl sites for hydroxylation is 2. The molecule has 0 atom stereocenters. The summed E-state index contributed by atoms with van der Waals surface area (Å²) in [6, 6.07) is 10.1. The molecule has 23 heavy (non-hydrogen) atoms. The van der Waals surface area contributed by atoms with E-state index in [1.165, 1.54) is 16.3 Å². The van der Waals surface area contributed by atoms with Crippen molar-refractivity contribution in [1.29, 1.82) is 0 Å². The highest BCUT2D eigenvalue weighted by molar-refractivity contribution is 7.89. The molecule has 0 radical (unpaired) electrons. The van der Waals surface area contributed by atoms with Crippen molar-refractivity contribution in [2.75, 3.05) is 6.54 Å². The molecular weight excluding hydrogens is 336 g/mol. The third kappa shape index (κ3) is 3.26. The maximum absolute atomic E-state index is 12.2. The Bertz CT molecular complexity index is 930. The van der Waals surface area contributed by atoms with E-state index >= 15 is 0 Å². The zero-order valence-corrected chi connectivity index (χ0v) is 14.2. The fourth-order valence-corrected chi connectivity index (χ4v) is 3.93. The van der Waals surface area contributed by atoms with E-state index < -0.39 is 10.0 Å². The standard InChI is InChI=1S/C15H17ClN4O2S/c1-19-11-17-15(14(19)16)23(21,22)18-8-4-9-20-10-7-12-5-2-3-6-13(12)20/h2-3,5-7,10-11,18H,4,8-9H2,1H3. The van der Waals surface area contributed by atoms with Gasteiger partial charge in [0.15, 0.2) is 0 Å². The van der Waals surface area contributed by atoms with Crippen molar-refractivity contribution < 1.29 is 8.42 Å². The summed E-state index contributed by atoms with van der Waals surface area (Å²) < 4.78 is 30.4. The van der Waals surface area contributed by atoms with Crippen LogP contribution in [-0.2, 0) is 23.6 Å². The first-order valence-electron chi connectivity index (χ1n) is 7.19. The Kier molecular flexibility index (Phi) is 4.43. The number of hydrogen-bond donors (Lipinski definition) is 1. The fourth-order valence-electron chi connectivity index (χ4n) is 2.43. The van der Waals surface area contributed by atoms with Gasteiger partial charge in [-0.05, 0) is 23.9 Å². The molecule has 1 aromatic carbocycles. The van der Waals surface area contributed by atoms with Gasteiger partial charge in [-0.1, -0.05) is 29.8 Å². The van der Waals surface area contributed by atoms with Gasteiger partial charge in [0.25, 0.3) is 10.0 Å². The third-order valence-electron chi connectivity index (χ3n) is 3.64. The molecular formula is C15H17ClN4O2S. The molecule has 6 nitrogen and oxygen atoms in total. The first-order valence-corrected chi connectivity index (χ1v) is 9.05. The highest BCUT2D eigenvalue weighted by atomic mass is 35.5. The molecule has 122 valence electrons. The van der Waals surface area contributed by atoms with Crippen molar-refractivity contribution in [3.8, 4) is 0 Å². The van der Waals surface area contributed by atoms with E-state index in [0.29, 0.717) is 13.0 Å². The van der Waals surface area contributed by atoms with Crippen LogP contribution in [0.5, 0.6) is 0 Å². The van der Waals surface area contributed by atoms with E-state index in [9.17, 15) is 8.42 Å². The van der Waals surface area contributed by atoms with E-state index in [1.54, 1.807) is 7.05 Å². The molecule has 0 amide bonds. The molecule has 0 fully saturated rings. The molecule has 0 spiro atoms. The summed E-state index contributed by atoms with van der Waals surface area (Å²) >= 11 is 5.93. The van der Waals surface area contributed by atoms with Crippen molar-refractivity contribution in [2.24, 2.45) is 7.05 Å². The largest absolute Gasteiger partial charge is 0.347 e. The van der Waals surface area contributed by atoms with Gasteiger partial charge in [0.2, 0.25) is 5.03 Å². The van der Waals surface area contributed by atoms with E-state index in [1.807, 2.05) is 30.5 Å². The highest BCUT2D eigenvalue weighted by Gasteiger charge is 2.21. The maximum Gasteiger partial charge on any atom is 0.261 e. The number of fused-ring (bicyclic) bond motifs is 1. The fraction of sp³-hybridized carbons (Fsp3) is 0.267. The van der Waals surface area contributed by atoms with Crippen LogP contribution in [0.2, 0.25) is 5.15 Å². The summed E-state index contributed by atoms with van der Waals surface area (Å²) in [7, 11) is -2.03. The predicted molar refractivity (Wildman–Crippen MR) is 90.0 cm³/mol. The minimum Gasteiger partial charge on any atom is -0.347 e. The Morgan fingerprint density at radius 1 is 1.26 bits per heavy atom. The van der Waals surface area contributed by atoms with Crippen LogP contribution in [0.15, 0.2) is 47.9 Å². The van der Waals surface area contributed by atoms with E-state index in [2.05, 4.69) is 20.3 Å². The van der Waals surface area contributed by atoms with Gasteiger partial charge < -0.3 is 9.13 Å². The Balaban J connectivity index is 1.60. The van der Waals surface area contributed by atoms with Crippen molar-refractivity contribution in [1.82, 2.24) is 18.8 Å². The van der Waals surface area contributed by atoms with Gasteiger partial charge in [-0.2, -0.15) is 0 Å². The highest BCUT2D eigenvalue weighted by Crippen LogP contribution is 2.18. The lowest BCUT2D eigenvalue weighted by Gasteiger charge is -2.07. The molecule has 1 N–H and O–H groups in total. The van der Waals surface area contributed by atoms with Crippen LogP contribution in [0.25, 0.3) is 10.9 Å². The molecule has 0 aliphatic heterocycles. The summed E-state index contributed by atoms with van der Waals surface area (Å²) in [6.07, 6.45) is 4.06. The van der Waals surface area contributed by atoms with Crippen LogP contribution in [0, 0.1) is 0 Å². The number of imidazole rings is 1. The minimum atomic E-state index is -3.68. The van der Waals surface area contributed by atoms with Crippen LogP contribution in [-0.4, -0.2) is 29.1 Å². The molecule has 3 aromatic rings. The Morgan fingerprint density at radius 2 is 2.04 bits per heavy atom. The first kappa shape index (κ1) is 16.0. The van der Waals surface area contributed by atoms with Crippen LogP contribution in [0.3, 0.4) is 0 Å². The number of rotatable bonds is 6. The number of halogens is 1. The molecule has 8 heteroatoms. The number of benzene rings is 1. The van der Waals surface area contributed by atoms with Crippen molar-refractivity contribution >= 4 is 32.5 Å². The second-order valence-corrected chi connectivity index (χ2v) is 7.31. The van der Waals surface area contributed by atoms with Crippen LogP contribution < -0.4 is 4.72 Å². The van der Waals surface area contributed by atoms with Gasteiger partial charge in [-0.3, -0.25) is 0 Å². The Morgan fingerprint density at radius 3 is 2.78 bits per heavy atom. The first-order chi connectivity index (χ1) is 11.0. The predicted octanol–water partition coefficient (Wildman–Crippen LogP) is 2.40. The molecule has 3 rings (SSSR count). The summed E-state index contributed by atoms with van der Waals surface area (Å²) in [5.74, 6) is 0. The second kappa shape index (κ2) is 6.35. The van der Waals surface area contributed by atoms with E-state index in [-0.39, 0.29) is 10.2 Å². The quantitative estimate of drug-likeness (QED) is 0.692. The normalized spacial score (nSPS) is 12.1. The second-order valence-electron chi connectivity index (χ2n) is 5.27. The molecule has 2 heterocycles. The van der Waals surface area contributed by atoms with Crippen molar-refractivity contribution in [3.05, 3.63) is 48.0 Å². The molecule has 0 saturated heterocycles. The van der Waals surface area contributed by atoms with E-state index in [4.69, 9.17) is 11.6 Å². The number of hydrogen-bond acceptors (Lipinski definition) is 3. The smallest absolute Gasteiger partial charge is 0.261 e. The zero-order chi connectivity index (χ0) is 16.4. The van der Waals surface area contributed by atoms with Crippen molar-refractivity contribution in [3.63, 3.8) is 0 Å². The topological polar surface area (TPSA) is 68.9 Å². The molecule has 0 aliphatic carbocycles. The van der Waals surface area contributed by atoms with Gasteiger partial charge in [0.1, 0.15) is 5.15 Å². The lowest BCUT2D eigenvalue weighted by molar-refractivity contribution is 0.569. The number of aromatic nitrogens is 3. The number of nitrogens with one attached hydrogen (secondary N) is 1. The van der Waals surface area contributed by atoms with Crippen LogP contribution in [0.1, 0.15) is 6.42 Å². The van der Waals surface area contributed by atoms with Gasteiger partial charge in [-0.15, -0.1) is 0 Å². The third-order valence-corrected chi connectivity index (χ3v) is 5.59. The Labute approximate surface area is 139 Å². The molecule has 0 unspecified atom stereocenters. The SMILES string of the molecule is Cn1cnc(S(=O)(=O)NCCCn2ccc3ccccc32)c1Cl. The van der Waals surface area contributed by atoms with E-state index in [0.717, 1.165) is 12.1 Å². The summed E-state index contributed by atoms with van der Waals surface area (Å²) in [5, 5.41) is 1.15. The maximum atomic E-state index is 12.2. The van der Waals surface area contributed by atoms with Gasteiger partial charge in [-0.25, -0.2) is 18.1 Å². The molecule has 0 bridgehead atoms. The zero-order valence-electron chi connectivity index (χ0n) is 12.6. The average Bonchev–Trinajstić information content (AvgIpc) is 3.09. The lowest BCUT2D eigenvalue weighted by Crippen LogP contribution is -2.26. The molecule has 0 saturated carbocycles.